The Balaban J connectivity index is 1.15. The monoisotopic (exact) mass is 640 g/mol. The van der Waals surface area contributed by atoms with E-state index in [1.54, 1.807) is 0 Å². The lowest BCUT2D eigenvalue weighted by molar-refractivity contribution is 0.598. The first kappa shape index (κ1) is 27.8. The van der Waals surface area contributed by atoms with Gasteiger partial charge < -0.3 is 8.83 Å². The highest BCUT2D eigenvalue weighted by Crippen LogP contribution is 2.46. The second kappa shape index (κ2) is 10.7. The van der Waals surface area contributed by atoms with Crippen LogP contribution < -0.4 is 10.4 Å². The molecule has 50 heavy (non-hydrogen) atoms. The maximum Gasteiger partial charge on any atom is 0.147 e. The van der Waals surface area contributed by atoms with Crippen LogP contribution in [-0.4, -0.2) is 0 Å². The normalized spacial score (nSPS) is 13.9. The van der Waals surface area contributed by atoms with Crippen LogP contribution in [-0.2, 0) is 6.42 Å². The standard InChI is InChI=1S/C48H32O2/c1-2-13-29(14-3-1)43-33-17-4-6-19-35(33)44(36-20-7-5-18-34(36)43)32-16-12-15-30(27-32)31-25-26-42-40(28-31)46-47(49-42)38-22-9-8-21-37(38)45-39-23-10-11-24-41(39)50-48(45)46/h1-4,6,8-9,11-22,24-28H,5,7,10,23H2. The Morgan fingerprint density at radius 1 is 0.440 bits per heavy atom. The van der Waals surface area contributed by atoms with E-state index in [0.29, 0.717) is 0 Å². The maximum absolute atomic E-state index is 6.68. The van der Waals surface area contributed by atoms with Gasteiger partial charge in [0.05, 0.1) is 5.39 Å². The molecule has 0 amide bonds. The van der Waals surface area contributed by atoms with E-state index in [-0.39, 0.29) is 0 Å². The van der Waals surface area contributed by atoms with Crippen molar-refractivity contribution >= 4 is 72.7 Å². The highest BCUT2D eigenvalue weighted by molar-refractivity contribution is 6.30. The summed E-state index contributed by atoms with van der Waals surface area (Å²) in [4.78, 5) is 0. The second-order valence-corrected chi connectivity index (χ2v) is 13.7. The molecule has 0 unspecified atom stereocenters. The van der Waals surface area contributed by atoms with E-state index in [4.69, 9.17) is 8.83 Å². The van der Waals surface area contributed by atoms with Crippen LogP contribution in [0.2, 0.25) is 0 Å². The summed E-state index contributed by atoms with van der Waals surface area (Å²) in [6.45, 7) is 0. The first-order valence-electron chi connectivity index (χ1n) is 17.7. The van der Waals surface area contributed by atoms with Crippen LogP contribution in [0.1, 0.15) is 30.6 Å². The fourth-order valence-corrected chi connectivity index (χ4v) is 8.78. The molecule has 2 aliphatic rings. The van der Waals surface area contributed by atoms with Crippen molar-refractivity contribution in [3.8, 4) is 33.4 Å². The Morgan fingerprint density at radius 2 is 1.10 bits per heavy atom. The van der Waals surface area contributed by atoms with Crippen LogP contribution >= 0.6 is 0 Å². The van der Waals surface area contributed by atoms with Crippen LogP contribution in [0.5, 0.6) is 0 Å². The zero-order valence-electron chi connectivity index (χ0n) is 27.5. The first-order valence-corrected chi connectivity index (χ1v) is 17.7. The van der Waals surface area contributed by atoms with Crippen molar-refractivity contribution in [2.75, 3.05) is 0 Å². The van der Waals surface area contributed by atoms with Crippen LogP contribution in [0.15, 0.2) is 136 Å². The van der Waals surface area contributed by atoms with Gasteiger partial charge in [0.1, 0.15) is 22.5 Å². The minimum Gasteiger partial charge on any atom is -0.456 e. The Labute approximate surface area is 288 Å². The van der Waals surface area contributed by atoms with Crippen molar-refractivity contribution < 1.29 is 8.83 Å². The third-order valence-electron chi connectivity index (χ3n) is 10.9. The number of hydrogen-bond donors (Lipinski definition) is 0. The number of furan rings is 2. The maximum atomic E-state index is 6.68. The molecule has 11 rings (SSSR count). The van der Waals surface area contributed by atoms with Crippen molar-refractivity contribution in [3.05, 3.63) is 149 Å². The van der Waals surface area contributed by atoms with Gasteiger partial charge in [-0.1, -0.05) is 121 Å². The first-order chi connectivity index (χ1) is 24.8. The van der Waals surface area contributed by atoms with Gasteiger partial charge in [0.2, 0.25) is 0 Å². The van der Waals surface area contributed by atoms with Gasteiger partial charge in [0.15, 0.2) is 0 Å². The van der Waals surface area contributed by atoms with Gasteiger partial charge in [0, 0.05) is 21.7 Å². The van der Waals surface area contributed by atoms with Crippen LogP contribution in [0.25, 0.3) is 106 Å². The number of rotatable bonds is 3. The number of hydrogen-bond acceptors (Lipinski definition) is 2. The van der Waals surface area contributed by atoms with Gasteiger partial charge in [0.25, 0.3) is 0 Å². The summed E-state index contributed by atoms with van der Waals surface area (Å²) in [5.74, 6) is 0.977. The number of allylic oxidation sites excluding steroid dienone is 1. The molecule has 236 valence electrons. The largest absolute Gasteiger partial charge is 0.456 e. The lowest BCUT2D eigenvalue weighted by atomic mass is 9.85. The average Bonchev–Trinajstić information content (AvgIpc) is 3.76. The zero-order chi connectivity index (χ0) is 32.8. The average molecular weight is 641 g/mol. The molecule has 2 nitrogen and oxygen atoms in total. The topological polar surface area (TPSA) is 26.3 Å². The molecule has 0 bridgehead atoms. The number of fused-ring (bicyclic) bond motifs is 12. The lowest BCUT2D eigenvalue weighted by Gasteiger charge is -2.18. The molecular weight excluding hydrogens is 609 g/mol. The van der Waals surface area contributed by atoms with Gasteiger partial charge in [-0.05, 0) is 110 Å². The summed E-state index contributed by atoms with van der Waals surface area (Å²) in [6.07, 6.45) is 13.4. The van der Waals surface area contributed by atoms with Gasteiger partial charge >= 0.3 is 0 Å². The molecule has 9 aromatic rings. The third-order valence-corrected chi connectivity index (χ3v) is 10.9. The van der Waals surface area contributed by atoms with E-state index in [1.807, 2.05) is 0 Å². The molecule has 0 aliphatic heterocycles. The molecule has 0 N–H and O–H groups in total. The molecule has 2 heteroatoms. The molecule has 0 radical (unpaired) electrons. The van der Waals surface area contributed by atoms with Crippen LogP contribution in [0, 0.1) is 0 Å². The molecule has 0 spiro atoms. The Hall–Kier alpha value is -6.12. The van der Waals surface area contributed by atoms with Gasteiger partial charge in [-0.15, -0.1) is 0 Å². The minimum atomic E-state index is 0.879. The third kappa shape index (κ3) is 3.96. The van der Waals surface area contributed by atoms with E-state index in [0.717, 1.165) is 69.9 Å². The summed E-state index contributed by atoms with van der Waals surface area (Å²) in [5.41, 5.74) is 11.5. The second-order valence-electron chi connectivity index (χ2n) is 13.7. The van der Waals surface area contributed by atoms with Crippen molar-refractivity contribution in [3.63, 3.8) is 0 Å². The summed E-state index contributed by atoms with van der Waals surface area (Å²) in [7, 11) is 0. The molecule has 0 saturated carbocycles. The van der Waals surface area contributed by atoms with Gasteiger partial charge in [-0.25, -0.2) is 0 Å². The molecule has 0 saturated heterocycles. The molecule has 2 heterocycles. The SMILES string of the molecule is C1=Cc2oc3c(c2CC1)c1ccccc1c1oc2ccc(-c4cccc(-c5c6c(c(-c7ccccc7)c7ccccc57)=CCCC=6)c4)cc2c13. The summed E-state index contributed by atoms with van der Waals surface area (Å²) in [6, 6.07) is 44.1. The van der Waals surface area contributed by atoms with E-state index < -0.39 is 0 Å². The Morgan fingerprint density at radius 3 is 1.90 bits per heavy atom. The quantitative estimate of drug-likeness (QED) is 0.192. The van der Waals surface area contributed by atoms with E-state index in [9.17, 15) is 0 Å². The molecule has 0 fully saturated rings. The molecule has 2 aromatic heterocycles. The fraction of sp³-hybridized carbons (Fsp3) is 0.0833. The van der Waals surface area contributed by atoms with Crippen molar-refractivity contribution in [2.24, 2.45) is 0 Å². The highest BCUT2D eigenvalue weighted by atomic mass is 16.3. The Kier molecular flexibility index (Phi) is 5.94. The van der Waals surface area contributed by atoms with Crippen molar-refractivity contribution in [1.82, 2.24) is 0 Å². The summed E-state index contributed by atoms with van der Waals surface area (Å²) < 4.78 is 13.3. The predicted molar refractivity (Wildman–Crippen MR) is 210 cm³/mol. The van der Waals surface area contributed by atoms with E-state index >= 15 is 0 Å². The number of aryl methyl sites for hydroxylation is 1. The van der Waals surface area contributed by atoms with E-state index in [2.05, 4.69) is 146 Å². The van der Waals surface area contributed by atoms with E-state index in [1.165, 1.54) is 65.4 Å². The molecule has 0 atom stereocenters. The smallest absolute Gasteiger partial charge is 0.147 e. The molecule has 7 aromatic carbocycles. The number of benzene rings is 7. The van der Waals surface area contributed by atoms with Crippen LogP contribution in [0.4, 0.5) is 0 Å². The van der Waals surface area contributed by atoms with Crippen LogP contribution in [0.3, 0.4) is 0 Å². The highest BCUT2D eigenvalue weighted by Gasteiger charge is 2.24. The minimum absolute atomic E-state index is 0.879. The zero-order valence-corrected chi connectivity index (χ0v) is 27.5. The molecule has 2 aliphatic carbocycles. The van der Waals surface area contributed by atoms with Crippen molar-refractivity contribution in [1.29, 1.82) is 0 Å². The van der Waals surface area contributed by atoms with Gasteiger partial charge in [-0.2, -0.15) is 0 Å². The fourth-order valence-electron chi connectivity index (χ4n) is 8.78. The summed E-state index contributed by atoms with van der Waals surface area (Å²) in [5, 5.41) is 11.0. The summed E-state index contributed by atoms with van der Waals surface area (Å²) >= 11 is 0. The lowest BCUT2D eigenvalue weighted by Crippen LogP contribution is -2.31. The predicted octanol–water partition coefficient (Wildman–Crippen LogP) is 12.0. The Bertz CT molecular complexity index is 3020. The molecular formula is C48H32O2. The van der Waals surface area contributed by atoms with Gasteiger partial charge in [-0.3, -0.25) is 0 Å². The van der Waals surface area contributed by atoms with Crippen molar-refractivity contribution in [2.45, 2.75) is 25.7 Å².